The molecule has 0 aliphatic rings. The zero-order valence-corrected chi connectivity index (χ0v) is 18.8. The molecule has 32 heavy (non-hydrogen) atoms. The lowest BCUT2D eigenvalue weighted by Gasteiger charge is -2.17. The summed E-state index contributed by atoms with van der Waals surface area (Å²) < 4.78 is 61.3. The van der Waals surface area contributed by atoms with Gasteiger partial charge < -0.3 is 9.30 Å². The number of nitrogens with zero attached hydrogens (tertiary/aromatic N) is 1. The standard InChI is InChI=1S/C23H24F2N2O4S/c1-4-6-15-11-23(28)27(3)14-19(15)18-13-17(26-32(29,30)5-2)8-10-21(18)31-22-9-7-16(24)12-20(22)25/h7-14,26H,4-6H2,1-3H3. The van der Waals surface area contributed by atoms with Crippen LogP contribution in [0.1, 0.15) is 25.8 Å². The number of benzene rings is 2. The number of halogens is 2. The highest BCUT2D eigenvalue weighted by Gasteiger charge is 2.17. The summed E-state index contributed by atoms with van der Waals surface area (Å²) in [5, 5.41) is 0. The highest BCUT2D eigenvalue weighted by atomic mass is 32.2. The number of nitrogens with one attached hydrogen (secondary N) is 1. The molecule has 1 heterocycles. The van der Waals surface area contributed by atoms with Gasteiger partial charge in [-0.15, -0.1) is 0 Å². The second-order valence-electron chi connectivity index (χ2n) is 7.30. The quantitative estimate of drug-likeness (QED) is 0.520. The third-order valence-electron chi connectivity index (χ3n) is 4.87. The lowest BCUT2D eigenvalue weighted by Crippen LogP contribution is -2.17. The Bertz CT molecular complexity index is 1300. The number of ether oxygens (including phenoxy) is 1. The molecule has 0 radical (unpaired) electrons. The molecule has 1 N–H and O–H groups in total. The van der Waals surface area contributed by atoms with Gasteiger partial charge in [0.15, 0.2) is 11.6 Å². The van der Waals surface area contributed by atoms with E-state index in [1.54, 1.807) is 19.3 Å². The number of hydrogen-bond donors (Lipinski definition) is 1. The molecular weight excluding hydrogens is 438 g/mol. The van der Waals surface area contributed by atoms with Crippen molar-refractivity contribution in [3.63, 3.8) is 0 Å². The van der Waals surface area contributed by atoms with E-state index in [0.717, 1.165) is 18.1 Å². The van der Waals surface area contributed by atoms with Gasteiger partial charge >= 0.3 is 0 Å². The van der Waals surface area contributed by atoms with E-state index in [4.69, 9.17) is 4.74 Å². The van der Waals surface area contributed by atoms with E-state index in [0.29, 0.717) is 29.3 Å². The van der Waals surface area contributed by atoms with Gasteiger partial charge in [-0.3, -0.25) is 9.52 Å². The summed E-state index contributed by atoms with van der Waals surface area (Å²) in [5.74, 6) is -1.67. The van der Waals surface area contributed by atoms with E-state index in [1.807, 2.05) is 6.92 Å². The fourth-order valence-corrected chi connectivity index (χ4v) is 3.84. The molecule has 0 spiro atoms. The molecule has 9 heteroatoms. The maximum Gasteiger partial charge on any atom is 0.250 e. The molecule has 3 rings (SSSR count). The second-order valence-corrected chi connectivity index (χ2v) is 9.32. The SMILES string of the molecule is CCCc1cc(=O)n(C)cc1-c1cc(NS(=O)(=O)CC)ccc1Oc1ccc(F)cc1F. The Morgan fingerprint density at radius 3 is 2.38 bits per heavy atom. The summed E-state index contributed by atoms with van der Waals surface area (Å²) in [6, 6.07) is 9.06. The van der Waals surface area contributed by atoms with Gasteiger partial charge in [0.2, 0.25) is 10.0 Å². The minimum Gasteiger partial charge on any atom is -0.454 e. The van der Waals surface area contributed by atoms with Crippen molar-refractivity contribution in [2.45, 2.75) is 26.7 Å². The summed E-state index contributed by atoms with van der Waals surface area (Å²) in [6.07, 6.45) is 3.00. The first kappa shape index (κ1) is 23.5. The smallest absolute Gasteiger partial charge is 0.250 e. The summed E-state index contributed by atoms with van der Waals surface area (Å²) in [4.78, 5) is 12.2. The zero-order chi connectivity index (χ0) is 23.5. The van der Waals surface area contributed by atoms with Crippen LogP contribution in [0.5, 0.6) is 11.5 Å². The van der Waals surface area contributed by atoms with Crippen LogP contribution >= 0.6 is 0 Å². The summed E-state index contributed by atoms with van der Waals surface area (Å²) in [7, 11) is -1.94. The lowest BCUT2D eigenvalue weighted by molar-refractivity contribution is 0.439. The third kappa shape index (κ3) is 5.34. The largest absolute Gasteiger partial charge is 0.454 e. The van der Waals surface area contributed by atoms with E-state index in [9.17, 15) is 22.0 Å². The van der Waals surface area contributed by atoms with E-state index in [2.05, 4.69) is 4.72 Å². The minimum absolute atomic E-state index is 0.109. The van der Waals surface area contributed by atoms with Crippen LogP contribution in [-0.2, 0) is 23.5 Å². The van der Waals surface area contributed by atoms with Crippen molar-refractivity contribution >= 4 is 15.7 Å². The van der Waals surface area contributed by atoms with Crippen molar-refractivity contribution in [3.8, 4) is 22.6 Å². The topological polar surface area (TPSA) is 77.4 Å². The molecule has 1 aromatic heterocycles. The predicted molar refractivity (Wildman–Crippen MR) is 121 cm³/mol. The molecule has 0 amide bonds. The average molecular weight is 463 g/mol. The molecule has 0 unspecified atom stereocenters. The van der Waals surface area contributed by atoms with Gasteiger partial charge in [0.05, 0.1) is 5.75 Å². The second kappa shape index (κ2) is 9.52. The summed E-state index contributed by atoms with van der Waals surface area (Å²) in [5.41, 5.74) is 1.96. The Hall–Kier alpha value is -3.20. The van der Waals surface area contributed by atoms with Crippen molar-refractivity contribution < 1.29 is 21.9 Å². The van der Waals surface area contributed by atoms with Crippen molar-refractivity contribution in [1.82, 2.24) is 4.57 Å². The van der Waals surface area contributed by atoms with Crippen molar-refractivity contribution in [2.24, 2.45) is 7.05 Å². The predicted octanol–water partition coefficient (Wildman–Crippen LogP) is 4.84. The van der Waals surface area contributed by atoms with Crippen LogP contribution in [0.25, 0.3) is 11.1 Å². The van der Waals surface area contributed by atoms with Crippen molar-refractivity contribution in [3.05, 3.63) is 76.2 Å². The molecule has 6 nitrogen and oxygen atoms in total. The van der Waals surface area contributed by atoms with Gasteiger partial charge in [0, 0.05) is 42.2 Å². The minimum atomic E-state index is -3.54. The van der Waals surface area contributed by atoms with Crippen LogP contribution in [-0.4, -0.2) is 18.7 Å². The normalized spacial score (nSPS) is 11.4. The molecule has 170 valence electrons. The van der Waals surface area contributed by atoms with Gasteiger partial charge in [0.25, 0.3) is 5.56 Å². The first-order valence-electron chi connectivity index (χ1n) is 10.1. The first-order chi connectivity index (χ1) is 15.1. The number of hydrogen-bond acceptors (Lipinski definition) is 4. The number of sulfonamides is 1. The van der Waals surface area contributed by atoms with Gasteiger partial charge in [-0.05, 0) is 49.2 Å². The summed E-state index contributed by atoms with van der Waals surface area (Å²) in [6.45, 7) is 3.49. The molecule has 3 aromatic rings. The van der Waals surface area contributed by atoms with Crippen LogP contribution in [0.4, 0.5) is 14.5 Å². The van der Waals surface area contributed by atoms with Crippen LogP contribution in [0.3, 0.4) is 0 Å². The number of aromatic nitrogens is 1. The highest BCUT2D eigenvalue weighted by molar-refractivity contribution is 7.92. The molecule has 0 atom stereocenters. The molecule has 0 fully saturated rings. The fourth-order valence-electron chi connectivity index (χ4n) is 3.21. The number of rotatable bonds is 8. The van der Waals surface area contributed by atoms with E-state index >= 15 is 0 Å². The Morgan fingerprint density at radius 2 is 1.72 bits per heavy atom. The molecule has 0 saturated heterocycles. The first-order valence-corrected chi connectivity index (χ1v) is 11.8. The Balaban J connectivity index is 2.20. The zero-order valence-electron chi connectivity index (χ0n) is 18.0. The lowest BCUT2D eigenvalue weighted by atomic mass is 9.97. The Morgan fingerprint density at radius 1 is 1.00 bits per heavy atom. The van der Waals surface area contributed by atoms with Gasteiger partial charge in [-0.1, -0.05) is 13.3 Å². The van der Waals surface area contributed by atoms with E-state index in [1.165, 1.54) is 35.8 Å². The fraction of sp³-hybridized carbons (Fsp3) is 0.261. The average Bonchev–Trinajstić information content (AvgIpc) is 2.73. The molecule has 0 saturated carbocycles. The molecule has 0 aliphatic carbocycles. The van der Waals surface area contributed by atoms with E-state index in [-0.39, 0.29) is 22.8 Å². The van der Waals surface area contributed by atoms with Gasteiger partial charge in [0.1, 0.15) is 11.6 Å². The highest BCUT2D eigenvalue weighted by Crippen LogP contribution is 2.38. The third-order valence-corrected chi connectivity index (χ3v) is 6.18. The van der Waals surface area contributed by atoms with Gasteiger partial charge in [-0.2, -0.15) is 0 Å². The van der Waals surface area contributed by atoms with Crippen LogP contribution in [0, 0.1) is 11.6 Å². The van der Waals surface area contributed by atoms with Gasteiger partial charge in [-0.25, -0.2) is 17.2 Å². The van der Waals surface area contributed by atoms with E-state index < -0.39 is 21.7 Å². The van der Waals surface area contributed by atoms with Crippen LogP contribution in [0.2, 0.25) is 0 Å². The Labute approximate surface area is 185 Å². The monoisotopic (exact) mass is 462 g/mol. The summed E-state index contributed by atoms with van der Waals surface area (Å²) >= 11 is 0. The number of anilines is 1. The molecular formula is C23H24F2N2O4S. The maximum atomic E-state index is 14.2. The Kier molecular flexibility index (Phi) is 6.98. The number of pyridine rings is 1. The van der Waals surface area contributed by atoms with Crippen LogP contribution in [0.15, 0.2) is 53.5 Å². The van der Waals surface area contributed by atoms with Crippen LogP contribution < -0.4 is 15.0 Å². The molecule has 0 aliphatic heterocycles. The molecule has 0 bridgehead atoms. The van der Waals surface area contributed by atoms with Crippen molar-refractivity contribution in [1.29, 1.82) is 0 Å². The van der Waals surface area contributed by atoms with Crippen molar-refractivity contribution in [2.75, 3.05) is 10.5 Å². The number of aryl methyl sites for hydroxylation is 2. The molecule has 2 aromatic carbocycles. The maximum absolute atomic E-state index is 14.2.